The van der Waals surface area contributed by atoms with Gasteiger partial charge in [-0.05, 0) is 131 Å². The van der Waals surface area contributed by atoms with Crippen molar-refractivity contribution in [2.24, 2.45) is 16.7 Å². The number of Topliss-reactive ketones (excluding diaryl/α,β-unsaturated/α-hetero) is 1. The fourth-order valence-electron chi connectivity index (χ4n) is 14.6. The summed E-state index contributed by atoms with van der Waals surface area (Å²) in [6.07, 6.45) is 4.27. The molecule has 8 amide bonds. The summed E-state index contributed by atoms with van der Waals surface area (Å²) in [7, 11) is -1.43. The van der Waals surface area contributed by atoms with Crippen molar-refractivity contribution in [2.75, 3.05) is 40.4 Å². The molecule has 30 nitrogen and oxygen atoms in total. The monoisotopic (exact) mass is 1630 g/mol. The number of benzene rings is 6. The van der Waals surface area contributed by atoms with Gasteiger partial charge in [-0.3, -0.25) is 43.2 Å². The lowest BCUT2D eigenvalue weighted by Gasteiger charge is -2.36. The lowest BCUT2D eigenvalue weighted by atomic mass is 9.85. The van der Waals surface area contributed by atoms with Crippen molar-refractivity contribution in [1.29, 1.82) is 0 Å². The minimum absolute atomic E-state index is 0.00895. The van der Waals surface area contributed by atoms with Crippen molar-refractivity contribution >= 4 is 90.6 Å². The standard InChI is InChI=1S/C87H104N14O16S/c1-52(88-9)77(103)94-75(86(3,4)5)83(109)99-49-64-46-72(99)82(108)92-68(44-57-25-31-59-20-12-14-22-61(59)40-57)80(106)93-70(85(111)112)43-55-26-32-65(33-27-55)115-37-17-18-38-116-67-47-71(100(50-67)84(110)76(87(6,7)8)95-78(104)53(2)89-10)73(102)45-62(41-56-24-30-58-19-11-13-21-60(58)39-56)79(105)91-69(81(107)97-118(113,114)74-23-15-16-36-90-74)42-54-28-34-66(35-29-54)117-51-63-48-101(64)98-96-63/h11-36,39-40,48,52-53,62,64,67-72,75-76,88-89H,37-38,41-47,49-51H2,1-10H3,(H,91,105)(H,92,108)(H,93,106)(H,94,103)(H,95,104)(H,97,107)(H,111,112)/b18-17+/t52-,53-,62+,64-,67-,68-,69-,70-,71-,72-,75+,76+/m0/s1. The maximum absolute atomic E-state index is 15.5. The number of aliphatic carboxylic acids is 1. The van der Waals surface area contributed by atoms with Gasteiger partial charge in [0.05, 0.1) is 43.1 Å². The molecule has 624 valence electrons. The van der Waals surface area contributed by atoms with Gasteiger partial charge in [-0.1, -0.05) is 168 Å². The Kier molecular flexibility index (Phi) is 28.4. The van der Waals surface area contributed by atoms with Crippen molar-refractivity contribution in [3.8, 4) is 11.5 Å². The van der Waals surface area contributed by atoms with Crippen LogP contribution >= 0.6 is 0 Å². The zero-order valence-electron chi connectivity index (χ0n) is 67.8. The highest BCUT2D eigenvalue weighted by Crippen LogP contribution is 2.34. The number of nitrogens with one attached hydrogen (secondary N) is 8. The highest BCUT2D eigenvalue weighted by molar-refractivity contribution is 7.90. The molecule has 2 saturated heterocycles. The third kappa shape index (κ3) is 22.5. The average Bonchev–Trinajstić information content (AvgIpc) is 1.63. The van der Waals surface area contributed by atoms with Crippen LogP contribution in [0.2, 0.25) is 0 Å². The van der Waals surface area contributed by atoms with Gasteiger partial charge in [-0.25, -0.2) is 19.2 Å². The molecule has 8 aromatic rings. The number of rotatable bonds is 16. The Bertz CT molecular complexity index is 5110. The molecule has 10 bridgehead atoms. The van der Waals surface area contributed by atoms with Crippen molar-refractivity contribution < 1.29 is 75.7 Å². The quantitative estimate of drug-likeness (QED) is 0.0516. The summed E-state index contributed by atoms with van der Waals surface area (Å²) in [6, 6.07) is 32.0. The molecule has 0 saturated carbocycles. The number of amides is 8. The van der Waals surface area contributed by atoms with Gasteiger partial charge in [-0.2, -0.15) is 8.42 Å². The van der Waals surface area contributed by atoms with E-state index < -0.39 is 164 Å². The molecular formula is C87H104N14O16S. The van der Waals surface area contributed by atoms with Crippen LogP contribution in [0.5, 0.6) is 11.5 Å². The molecule has 6 aliphatic rings. The van der Waals surface area contributed by atoms with E-state index in [0.717, 1.165) is 21.5 Å². The molecule has 118 heavy (non-hydrogen) atoms. The van der Waals surface area contributed by atoms with Gasteiger partial charge in [0.2, 0.25) is 41.4 Å². The van der Waals surface area contributed by atoms with Crippen LogP contribution in [0.25, 0.3) is 21.5 Å². The fourth-order valence-corrected chi connectivity index (χ4v) is 15.6. The van der Waals surface area contributed by atoms with Gasteiger partial charge in [0.25, 0.3) is 15.9 Å². The Labute approximate surface area is 685 Å². The predicted molar refractivity (Wildman–Crippen MR) is 440 cm³/mol. The van der Waals surface area contributed by atoms with E-state index in [1.165, 1.54) is 38.9 Å². The number of sulfonamides is 1. The van der Waals surface area contributed by atoms with Crippen LogP contribution in [0, 0.1) is 16.7 Å². The summed E-state index contributed by atoms with van der Waals surface area (Å²) in [6.45, 7) is 13.6. The average molecular weight is 1630 g/mol. The van der Waals surface area contributed by atoms with Crippen LogP contribution in [0.3, 0.4) is 0 Å². The van der Waals surface area contributed by atoms with Crippen molar-refractivity contribution in [2.45, 2.75) is 178 Å². The zero-order valence-corrected chi connectivity index (χ0v) is 68.6. The first-order chi connectivity index (χ1) is 56.2. The summed E-state index contributed by atoms with van der Waals surface area (Å²) in [5.74, 6) is -8.02. The number of pyridine rings is 1. The third-order valence-electron chi connectivity index (χ3n) is 21.6. The fraction of sp³-hybridized carbons (Fsp3) is 0.414. The highest BCUT2D eigenvalue weighted by atomic mass is 32.2. The molecule has 12 atom stereocenters. The number of ketones is 1. The Morgan fingerprint density at radius 1 is 0.585 bits per heavy atom. The summed E-state index contributed by atoms with van der Waals surface area (Å²) in [5.41, 5.74) is 0.726. The summed E-state index contributed by atoms with van der Waals surface area (Å²) in [4.78, 5) is 154. The topological polar surface area (TPSA) is 399 Å². The second kappa shape index (κ2) is 38.5. The van der Waals surface area contributed by atoms with Crippen molar-refractivity contribution in [3.05, 3.63) is 204 Å². The van der Waals surface area contributed by atoms with Crippen LogP contribution in [0.15, 0.2) is 181 Å². The highest BCUT2D eigenvalue weighted by Gasteiger charge is 2.49. The Morgan fingerprint density at radius 3 is 1.68 bits per heavy atom. The predicted octanol–water partition coefficient (Wildman–Crippen LogP) is 5.80. The number of hydrogen-bond donors (Lipinski definition) is 9. The van der Waals surface area contributed by atoms with Crippen LogP contribution in [-0.2, 0) is 95.0 Å². The van der Waals surface area contributed by atoms with E-state index in [1.54, 1.807) is 136 Å². The molecule has 0 aliphatic carbocycles. The van der Waals surface area contributed by atoms with E-state index in [2.05, 4.69) is 57.2 Å². The molecule has 0 unspecified atom stereocenters. The SMILES string of the molecule is CN[C@@H](C)C(=O)N[C@H](C(=O)N1C[C@@H]2C[C@H]1C(=O)C[C@@H](Cc1ccc3ccccc3c1)C(=O)N[C@H](C(=O)NS(=O)(=O)c1ccccn1)Cc1ccc(cc1)OCc1cn(nn1)[C@H]1C[C@@H](C(=O)N[C@@H](Cc3ccc4ccccc4c3)C(=O)N[C@H](C(=O)O)Cc3ccc(cc3)OC/C=C/CO2)N(C(=O)[C@@H](NC(=O)[C@H](C)NC)C(C)(C)C)C1)C(C)(C)C. The lowest BCUT2D eigenvalue weighted by Crippen LogP contribution is -2.60. The lowest BCUT2D eigenvalue weighted by molar-refractivity contribution is -0.145. The molecule has 14 rings (SSSR count). The number of fused-ring (bicyclic) bond motifs is 2. The van der Waals surface area contributed by atoms with Crippen LogP contribution in [-0.4, -0.2) is 203 Å². The number of ether oxygens (including phenoxy) is 3. The maximum Gasteiger partial charge on any atom is 0.326 e. The molecule has 2 fully saturated rings. The molecule has 0 spiro atoms. The second-order valence-electron chi connectivity index (χ2n) is 32.5. The number of nitrogens with zero attached hydrogens (tertiary/aromatic N) is 6. The zero-order chi connectivity index (χ0) is 84.8. The van der Waals surface area contributed by atoms with Gasteiger partial charge in [0.1, 0.15) is 66.7 Å². The van der Waals surface area contributed by atoms with Gasteiger partial charge in [0.15, 0.2) is 10.8 Å². The first-order valence-corrected chi connectivity index (χ1v) is 41.0. The van der Waals surface area contributed by atoms with Gasteiger partial charge in [0, 0.05) is 63.7 Å². The number of aromatic nitrogens is 4. The van der Waals surface area contributed by atoms with Gasteiger partial charge < -0.3 is 66.3 Å². The minimum Gasteiger partial charge on any atom is -0.490 e. The number of carbonyl (C=O) groups is 10. The molecule has 6 aliphatic heterocycles. The van der Waals surface area contributed by atoms with Crippen LogP contribution < -0.4 is 51.4 Å². The van der Waals surface area contributed by atoms with E-state index in [0.29, 0.717) is 39.4 Å². The van der Waals surface area contributed by atoms with Crippen LogP contribution in [0.4, 0.5) is 0 Å². The number of likely N-dealkylation sites (tertiary alicyclic amines) is 2. The number of carboxylic acid groups (broad SMARTS) is 1. The molecule has 8 heterocycles. The summed E-state index contributed by atoms with van der Waals surface area (Å²) < 4.78 is 50.1. The summed E-state index contributed by atoms with van der Waals surface area (Å²) in [5, 5.41) is 42.7. The van der Waals surface area contributed by atoms with E-state index >= 15 is 24.0 Å². The molecule has 6 aromatic carbocycles. The number of carboxylic acids is 1. The third-order valence-corrected chi connectivity index (χ3v) is 22.9. The second-order valence-corrected chi connectivity index (χ2v) is 34.1. The van der Waals surface area contributed by atoms with Gasteiger partial charge >= 0.3 is 5.97 Å². The Hall–Kier alpha value is -11.8. The van der Waals surface area contributed by atoms with Crippen molar-refractivity contribution in [3.63, 3.8) is 0 Å². The maximum atomic E-state index is 15.5. The van der Waals surface area contributed by atoms with E-state index in [-0.39, 0.29) is 71.4 Å². The molecule has 9 N–H and O–H groups in total. The van der Waals surface area contributed by atoms with Crippen molar-refractivity contribution in [1.82, 2.24) is 71.7 Å². The molecular weight excluding hydrogens is 1530 g/mol. The largest absolute Gasteiger partial charge is 0.490 e. The van der Waals surface area contributed by atoms with Gasteiger partial charge in [-0.15, -0.1) is 5.10 Å². The Balaban J connectivity index is 0.933. The van der Waals surface area contributed by atoms with E-state index in [9.17, 15) is 37.5 Å². The number of likely N-dealkylation sites (N-methyl/N-ethyl adjacent to an activating group) is 2. The number of hydrogen-bond acceptors (Lipinski definition) is 20. The number of carbonyl (C=O) groups excluding carboxylic acids is 9. The molecule has 31 heteroatoms. The summed E-state index contributed by atoms with van der Waals surface area (Å²) >= 11 is 0. The smallest absolute Gasteiger partial charge is 0.326 e. The Morgan fingerprint density at radius 2 is 1.12 bits per heavy atom. The minimum atomic E-state index is -4.65. The van der Waals surface area contributed by atoms with Crippen LogP contribution in [0.1, 0.15) is 109 Å². The first-order valence-electron chi connectivity index (χ1n) is 39.5. The van der Waals surface area contributed by atoms with E-state index in [1.807, 2.05) is 84.9 Å². The first kappa shape index (κ1) is 87.0. The normalized spacial score (nSPS) is 21.7. The van der Waals surface area contributed by atoms with E-state index in [4.69, 9.17) is 14.2 Å². The molecule has 0 radical (unpaired) electrons. The molecule has 2 aromatic heterocycles.